The van der Waals surface area contributed by atoms with Gasteiger partial charge in [0.2, 0.25) is 0 Å². The highest BCUT2D eigenvalue weighted by atomic mass is 14.5. The third-order valence-corrected chi connectivity index (χ3v) is 10.7. The lowest BCUT2D eigenvalue weighted by atomic mass is 9.67. The zero-order chi connectivity index (χ0) is 32.4. The van der Waals surface area contributed by atoms with Crippen molar-refractivity contribution in [1.82, 2.24) is 0 Å². The van der Waals surface area contributed by atoms with Gasteiger partial charge < -0.3 is 0 Å². The number of hydrogen-bond donors (Lipinski definition) is 0. The summed E-state index contributed by atoms with van der Waals surface area (Å²) in [5.41, 5.74) is 12.5. The summed E-state index contributed by atoms with van der Waals surface area (Å²) in [6.45, 7) is 0. The minimum atomic E-state index is -0.445. The first kappa shape index (κ1) is 27.8. The van der Waals surface area contributed by atoms with Crippen molar-refractivity contribution in [2.75, 3.05) is 0 Å². The van der Waals surface area contributed by atoms with Crippen LogP contribution in [-0.2, 0) is 5.41 Å². The summed E-state index contributed by atoms with van der Waals surface area (Å²) in [6.07, 6.45) is 0. The first-order chi connectivity index (χ1) is 24.3. The van der Waals surface area contributed by atoms with Gasteiger partial charge >= 0.3 is 0 Å². The quantitative estimate of drug-likeness (QED) is 0.172. The molecule has 0 bridgehead atoms. The second-order valence-electron chi connectivity index (χ2n) is 13.2. The van der Waals surface area contributed by atoms with Crippen LogP contribution in [0.25, 0.3) is 65.7 Å². The van der Waals surface area contributed by atoms with Crippen molar-refractivity contribution in [2.24, 2.45) is 0 Å². The van der Waals surface area contributed by atoms with E-state index in [-0.39, 0.29) is 0 Å². The van der Waals surface area contributed by atoms with E-state index in [9.17, 15) is 0 Å². The molecule has 0 fully saturated rings. The summed E-state index contributed by atoms with van der Waals surface area (Å²) in [7, 11) is 0. The molecule has 0 aliphatic heterocycles. The Morgan fingerprint density at radius 1 is 0.286 bits per heavy atom. The lowest BCUT2D eigenvalue weighted by Gasteiger charge is -2.34. The molecule has 0 radical (unpaired) electrons. The van der Waals surface area contributed by atoms with Crippen LogP contribution in [0.3, 0.4) is 0 Å². The molecule has 0 saturated carbocycles. The Labute approximate surface area is 286 Å². The van der Waals surface area contributed by atoms with Crippen LogP contribution in [-0.4, -0.2) is 0 Å². The van der Waals surface area contributed by atoms with Crippen LogP contribution in [0.5, 0.6) is 0 Å². The van der Waals surface area contributed by atoms with Crippen LogP contribution in [0.2, 0.25) is 0 Å². The van der Waals surface area contributed by atoms with E-state index in [1.807, 2.05) is 0 Å². The van der Waals surface area contributed by atoms with Gasteiger partial charge in [-0.3, -0.25) is 0 Å². The van der Waals surface area contributed by atoms with Crippen LogP contribution in [0.15, 0.2) is 194 Å². The fourth-order valence-electron chi connectivity index (χ4n) is 8.79. The molecule has 0 heteroatoms. The summed E-state index contributed by atoms with van der Waals surface area (Å²) in [6, 6.07) is 71.8. The number of hydrogen-bond acceptors (Lipinski definition) is 0. The van der Waals surface area contributed by atoms with Crippen LogP contribution in [0.1, 0.15) is 22.3 Å². The first-order valence-electron chi connectivity index (χ1n) is 17.1. The fraction of sp³-hybridized carbons (Fsp3) is 0.0204. The van der Waals surface area contributed by atoms with Gasteiger partial charge in [0.05, 0.1) is 5.41 Å². The SMILES string of the molecule is c1ccc(C2(c3cccc(-c4c5ccccc5c(-c5cccc6ccccc56)c5ccccc45)c3)c3ccccc3-c3ccccc32)cc1. The van der Waals surface area contributed by atoms with E-state index in [4.69, 9.17) is 0 Å². The van der Waals surface area contributed by atoms with E-state index >= 15 is 0 Å². The summed E-state index contributed by atoms with van der Waals surface area (Å²) in [5.74, 6) is 0. The highest BCUT2D eigenvalue weighted by molar-refractivity contribution is 6.23. The molecule has 0 spiro atoms. The Morgan fingerprint density at radius 3 is 1.39 bits per heavy atom. The van der Waals surface area contributed by atoms with Crippen LogP contribution >= 0.6 is 0 Å². The van der Waals surface area contributed by atoms with Crippen molar-refractivity contribution in [2.45, 2.75) is 5.41 Å². The average molecular weight is 621 g/mol. The molecular formula is C49H32. The molecule has 9 aromatic carbocycles. The van der Waals surface area contributed by atoms with E-state index in [1.165, 1.54) is 88.0 Å². The van der Waals surface area contributed by atoms with Gasteiger partial charge in [0, 0.05) is 0 Å². The Hall–Kier alpha value is -6.24. The Bertz CT molecular complexity index is 2610. The lowest BCUT2D eigenvalue weighted by Crippen LogP contribution is -2.28. The van der Waals surface area contributed by atoms with Crippen molar-refractivity contribution in [1.29, 1.82) is 0 Å². The topological polar surface area (TPSA) is 0 Å². The van der Waals surface area contributed by atoms with Crippen molar-refractivity contribution in [3.63, 3.8) is 0 Å². The molecule has 0 saturated heterocycles. The second-order valence-corrected chi connectivity index (χ2v) is 13.2. The molecule has 10 rings (SSSR count). The van der Waals surface area contributed by atoms with E-state index in [1.54, 1.807) is 0 Å². The molecule has 0 atom stereocenters. The van der Waals surface area contributed by atoms with Crippen LogP contribution in [0.4, 0.5) is 0 Å². The maximum atomic E-state index is 2.47. The Kier molecular flexibility index (Phi) is 6.19. The van der Waals surface area contributed by atoms with Crippen LogP contribution < -0.4 is 0 Å². The van der Waals surface area contributed by atoms with E-state index < -0.39 is 5.41 Å². The molecule has 0 unspecified atom stereocenters. The van der Waals surface area contributed by atoms with Gasteiger partial charge in [0.1, 0.15) is 0 Å². The van der Waals surface area contributed by atoms with Gasteiger partial charge in [-0.1, -0.05) is 188 Å². The first-order valence-corrected chi connectivity index (χ1v) is 17.1. The highest BCUT2D eigenvalue weighted by Gasteiger charge is 2.45. The molecule has 0 aromatic heterocycles. The fourth-order valence-corrected chi connectivity index (χ4v) is 8.79. The molecule has 0 N–H and O–H groups in total. The molecule has 0 heterocycles. The predicted octanol–water partition coefficient (Wildman–Crippen LogP) is 12.8. The molecule has 0 nitrogen and oxygen atoms in total. The minimum Gasteiger partial charge on any atom is -0.0622 e. The predicted molar refractivity (Wildman–Crippen MR) is 207 cm³/mol. The van der Waals surface area contributed by atoms with Gasteiger partial charge in [-0.25, -0.2) is 0 Å². The molecule has 1 aliphatic rings. The van der Waals surface area contributed by atoms with Crippen molar-refractivity contribution < 1.29 is 0 Å². The largest absolute Gasteiger partial charge is 0.0713 e. The Morgan fingerprint density at radius 2 is 0.735 bits per heavy atom. The zero-order valence-corrected chi connectivity index (χ0v) is 27.0. The van der Waals surface area contributed by atoms with Gasteiger partial charge in [0.15, 0.2) is 0 Å². The molecular weight excluding hydrogens is 589 g/mol. The maximum Gasteiger partial charge on any atom is 0.0713 e. The molecule has 228 valence electrons. The van der Waals surface area contributed by atoms with Gasteiger partial charge in [0.25, 0.3) is 0 Å². The van der Waals surface area contributed by atoms with E-state index in [0.29, 0.717) is 0 Å². The maximum absolute atomic E-state index is 2.47. The zero-order valence-electron chi connectivity index (χ0n) is 27.0. The number of rotatable bonds is 4. The third kappa shape index (κ3) is 3.98. The van der Waals surface area contributed by atoms with Crippen molar-refractivity contribution in [3.8, 4) is 33.4 Å². The van der Waals surface area contributed by atoms with Gasteiger partial charge in [-0.2, -0.15) is 0 Å². The number of fused-ring (bicyclic) bond motifs is 6. The summed E-state index contributed by atoms with van der Waals surface area (Å²) in [4.78, 5) is 0. The molecule has 0 amide bonds. The normalized spacial score (nSPS) is 13.1. The number of benzene rings is 9. The highest BCUT2D eigenvalue weighted by Crippen LogP contribution is 2.56. The Balaban J connectivity index is 1.30. The van der Waals surface area contributed by atoms with E-state index in [0.717, 1.165) is 0 Å². The van der Waals surface area contributed by atoms with Crippen molar-refractivity contribution in [3.05, 3.63) is 216 Å². The minimum absolute atomic E-state index is 0.445. The summed E-state index contributed by atoms with van der Waals surface area (Å²) in [5, 5.41) is 7.61. The van der Waals surface area contributed by atoms with Gasteiger partial charge in [-0.05, 0) is 94.0 Å². The smallest absolute Gasteiger partial charge is 0.0622 e. The summed E-state index contributed by atoms with van der Waals surface area (Å²) >= 11 is 0. The third-order valence-electron chi connectivity index (χ3n) is 10.7. The molecule has 9 aromatic rings. The van der Waals surface area contributed by atoms with Crippen LogP contribution in [0, 0.1) is 0 Å². The monoisotopic (exact) mass is 620 g/mol. The molecule has 1 aliphatic carbocycles. The summed E-state index contributed by atoms with van der Waals surface area (Å²) < 4.78 is 0. The van der Waals surface area contributed by atoms with E-state index in [2.05, 4.69) is 194 Å². The standard InChI is InChI=1S/C49H32/c1-2-19-35(20-3-1)49(45-30-12-10-23-38(45)39-24-11-13-31-46(39)49)36-21-14-18-34(32-36)47-41-25-6-8-27-43(41)48(44-28-9-7-26-42(44)47)40-29-15-17-33-16-4-5-22-37(33)40/h1-32H. The lowest BCUT2D eigenvalue weighted by molar-refractivity contribution is 0.769. The average Bonchev–Trinajstić information content (AvgIpc) is 3.48. The van der Waals surface area contributed by atoms with Gasteiger partial charge in [-0.15, -0.1) is 0 Å². The molecule has 49 heavy (non-hydrogen) atoms. The second kappa shape index (κ2) is 10.9. The van der Waals surface area contributed by atoms with Crippen molar-refractivity contribution >= 4 is 32.3 Å².